The number of aryl methyl sites for hydroxylation is 1. The molecule has 0 aliphatic carbocycles. The second kappa shape index (κ2) is 6.70. The molecule has 0 fully saturated rings. The molecular weight excluding hydrogens is 292 g/mol. The molecule has 0 aliphatic rings. The van der Waals surface area contributed by atoms with Crippen molar-refractivity contribution in [1.29, 1.82) is 0 Å². The van der Waals surface area contributed by atoms with Gasteiger partial charge >= 0.3 is 0 Å². The van der Waals surface area contributed by atoms with Crippen molar-refractivity contribution >= 4 is 16.7 Å². The third-order valence-corrected chi connectivity index (χ3v) is 3.70. The third-order valence-electron chi connectivity index (χ3n) is 3.70. The molecule has 3 N–H and O–H groups in total. The van der Waals surface area contributed by atoms with E-state index >= 15 is 0 Å². The topological polar surface area (TPSA) is 99.6 Å². The minimum absolute atomic E-state index is 0.397. The number of nitrogens with zero attached hydrogens (tertiary/aromatic N) is 4. The highest BCUT2D eigenvalue weighted by molar-refractivity contribution is 5.90. The van der Waals surface area contributed by atoms with Crippen LogP contribution in [0.4, 0.5) is 5.82 Å². The maximum Gasteiger partial charge on any atom is 0.165 e. The number of pyridine rings is 1. The number of nitrogens with one attached hydrogen (secondary N) is 2. The van der Waals surface area contributed by atoms with Crippen LogP contribution in [0, 0.1) is 6.92 Å². The van der Waals surface area contributed by atoms with Crippen molar-refractivity contribution in [2.24, 2.45) is 0 Å². The Morgan fingerprint density at radius 1 is 1.35 bits per heavy atom. The second-order valence-electron chi connectivity index (χ2n) is 5.50. The molecule has 0 saturated heterocycles. The van der Waals surface area contributed by atoms with E-state index in [1.807, 2.05) is 13.0 Å². The fourth-order valence-electron chi connectivity index (χ4n) is 2.47. The largest absolute Gasteiger partial charge is 0.391 e. The number of hydrogen-bond acceptors (Lipinski definition) is 6. The highest BCUT2D eigenvalue weighted by Crippen LogP contribution is 2.25. The summed E-state index contributed by atoms with van der Waals surface area (Å²) in [4.78, 5) is 13.3. The number of fused-ring (bicyclic) bond motifs is 1. The molecule has 3 heterocycles. The highest BCUT2D eigenvalue weighted by Gasteiger charge is 2.13. The van der Waals surface area contributed by atoms with Crippen LogP contribution in [0.2, 0.25) is 0 Å². The van der Waals surface area contributed by atoms with Crippen molar-refractivity contribution < 1.29 is 5.11 Å². The van der Waals surface area contributed by atoms with Gasteiger partial charge in [-0.2, -0.15) is 5.10 Å². The second-order valence-corrected chi connectivity index (χ2v) is 5.50. The average Bonchev–Trinajstić information content (AvgIpc) is 2.98. The first-order valence-corrected chi connectivity index (χ1v) is 7.73. The minimum atomic E-state index is -0.397. The predicted molar refractivity (Wildman–Crippen MR) is 89.1 cm³/mol. The Morgan fingerprint density at radius 3 is 2.96 bits per heavy atom. The smallest absolute Gasteiger partial charge is 0.165 e. The highest BCUT2D eigenvalue weighted by atomic mass is 16.3. The van der Waals surface area contributed by atoms with E-state index in [1.165, 1.54) is 0 Å². The van der Waals surface area contributed by atoms with Gasteiger partial charge in [-0.05, 0) is 19.4 Å². The average molecular weight is 312 g/mol. The minimum Gasteiger partial charge on any atom is -0.391 e. The Hall–Kier alpha value is -2.54. The van der Waals surface area contributed by atoms with Crippen LogP contribution in [0.25, 0.3) is 22.3 Å². The zero-order valence-electron chi connectivity index (χ0n) is 13.2. The molecule has 0 radical (unpaired) electrons. The Kier molecular flexibility index (Phi) is 4.47. The standard InChI is InChI=1S/C16H20N6O/c1-3-4-11(23)7-18-15-12-5-6-17-9-14(12)20-16(21-15)13-8-19-22-10(13)2/h5-6,8-9,11,23H,3-4,7H2,1-2H3,(H,19,22)(H,18,20,21). The van der Waals surface area contributed by atoms with Crippen LogP contribution in [-0.4, -0.2) is 42.9 Å². The van der Waals surface area contributed by atoms with Gasteiger partial charge < -0.3 is 10.4 Å². The van der Waals surface area contributed by atoms with Gasteiger partial charge in [0.15, 0.2) is 5.82 Å². The van der Waals surface area contributed by atoms with Crippen LogP contribution >= 0.6 is 0 Å². The van der Waals surface area contributed by atoms with E-state index in [1.54, 1.807) is 18.6 Å². The number of H-pyrrole nitrogens is 1. The lowest BCUT2D eigenvalue weighted by molar-refractivity contribution is 0.176. The van der Waals surface area contributed by atoms with E-state index in [4.69, 9.17) is 0 Å². The van der Waals surface area contributed by atoms with E-state index < -0.39 is 6.10 Å². The van der Waals surface area contributed by atoms with Gasteiger partial charge in [0.25, 0.3) is 0 Å². The zero-order chi connectivity index (χ0) is 16.2. The van der Waals surface area contributed by atoms with E-state index in [0.29, 0.717) is 18.2 Å². The Balaban J connectivity index is 1.99. The fraction of sp³-hybridized carbons (Fsp3) is 0.375. The molecule has 0 spiro atoms. The molecule has 3 rings (SSSR count). The summed E-state index contributed by atoms with van der Waals surface area (Å²) in [5.41, 5.74) is 2.45. The molecular formula is C16H20N6O. The van der Waals surface area contributed by atoms with Gasteiger partial charge in [-0.25, -0.2) is 9.97 Å². The Labute approximate surface area is 134 Å². The lowest BCUT2D eigenvalue weighted by atomic mass is 10.2. The van der Waals surface area contributed by atoms with Crippen LogP contribution < -0.4 is 5.32 Å². The molecule has 0 aromatic carbocycles. The fourth-order valence-corrected chi connectivity index (χ4v) is 2.47. The van der Waals surface area contributed by atoms with Crippen LogP contribution in [0.1, 0.15) is 25.5 Å². The van der Waals surface area contributed by atoms with E-state index in [2.05, 4.69) is 37.4 Å². The van der Waals surface area contributed by atoms with E-state index in [0.717, 1.165) is 35.0 Å². The molecule has 1 unspecified atom stereocenters. The van der Waals surface area contributed by atoms with Crippen LogP contribution in [0.5, 0.6) is 0 Å². The number of aromatic amines is 1. The maximum atomic E-state index is 9.95. The first kappa shape index (κ1) is 15.4. The molecule has 23 heavy (non-hydrogen) atoms. The molecule has 120 valence electrons. The van der Waals surface area contributed by atoms with Crippen molar-refractivity contribution in [2.45, 2.75) is 32.8 Å². The molecule has 0 aliphatic heterocycles. The molecule has 1 atom stereocenters. The molecule has 7 heteroatoms. The Bertz CT molecular complexity index is 800. The molecule has 0 amide bonds. The van der Waals surface area contributed by atoms with Gasteiger partial charge in [-0.15, -0.1) is 0 Å². The summed E-state index contributed by atoms with van der Waals surface area (Å²) in [5.74, 6) is 1.28. The molecule has 7 nitrogen and oxygen atoms in total. The molecule has 3 aromatic heterocycles. The predicted octanol–water partition coefficient (Wildman–Crippen LogP) is 2.30. The molecule has 3 aromatic rings. The van der Waals surface area contributed by atoms with Crippen molar-refractivity contribution in [2.75, 3.05) is 11.9 Å². The van der Waals surface area contributed by atoms with Crippen molar-refractivity contribution in [1.82, 2.24) is 25.1 Å². The summed E-state index contributed by atoms with van der Waals surface area (Å²) in [6.07, 6.45) is 6.50. The van der Waals surface area contributed by atoms with Gasteiger partial charge in [-0.3, -0.25) is 10.1 Å². The van der Waals surface area contributed by atoms with E-state index in [9.17, 15) is 5.11 Å². The first-order valence-electron chi connectivity index (χ1n) is 7.73. The number of aromatic nitrogens is 5. The lowest BCUT2D eigenvalue weighted by Gasteiger charge is -2.13. The number of hydrogen-bond donors (Lipinski definition) is 3. The van der Waals surface area contributed by atoms with E-state index in [-0.39, 0.29) is 0 Å². The quantitative estimate of drug-likeness (QED) is 0.646. The van der Waals surface area contributed by atoms with Crippen molar-refractivity contribution in [3.05, 3.63) is 30.4 Å². The zero-order valence-corrected chi connectivity index (χ0v) is 13.2. The lowest BCUT2D eigenvalue weighted by Crippen LogP contribution is -2.20. The summed E-state index contributed by atoms with van der Waals surface area (Å²) < 4.78 is 0. The van der Waals surface area contributed by atoms with Gasteiger partial charge in [0.1, 0.15) is 5.82 Å². The number of rotatable bonds is 6. The maximum absolute atomic E-state index is 9.95. The monoisotopic (exact) mass is 312 g/mol. The van der Waals surface area contributed by atoms with Gasteiger partial charge in [0, 0.05) is 24.3 Å². The van der Waals surface area contributed by atoms with Gasteiger partial charge in [0.05, 0.1) is 29.1 Å². The van der Waals surface area contributed by atoms with Gasteiger partial charge in [-0.1, -0.05) is 13.3 Å². The van der Waals surface area contributed by atoms with Crippen LogP contribution in [0.15, 0.2) is 24.7 Å². The first-order chi connectivity index (χ1) is 11.2. The summed E-state index contributed by atoms with van der Waals surface area (Å²) in [6, 6.07) is 1.87. The number of aliphatic hydroxyl groups is 1. The normalized spacial score (nSPS) is 12.5. The number of aliphatic hydroxyl groups excluding tert-OH is 1. The van der Waals surface area contributed by atoms with Crippen molar-refractivity contribution in [3.8, 4) is 11.4 Å². The van der Waals surface area contributed by atoms with Crippen LogP contribution in [-0.2, 0) is 0 Å². The summed E-state index contributed by atoms with van der Waals surface area (Å²) >= 11 is 0. The summed E-state index contributed by atoms with van der Waals surface area (Å²) in [5, 5.41) is 21.0. The number of anilines is 1. The van der Waals surface area contributed by atoms with Crippen LogP contribution in [0.3, 0.4) is 0 Å². The summed E-state index contributed by atoms with van der Waals surface area (Å²) in [6.45, 7) is 4.40. The summed E-state index contributed by atoms with van der Waals surface area (Å²) in [7, 11) is 0. The third kappa shape index (κ3) is 3.29. The molecule has 0 bridgehead atoms. The Morgan fingerprint density at radius 2 is 2.22 bits per heavy atom. The molecule has 0 saturated carbocycles. The van der Waals surface area contributed by atoms with Crippen molar-refractivity contribution in [3.63, 3.8) is 0 Å². The SMILES string of the molecule is CCCC(O)CNc1nc(-c2c[nH]nc2C)nc2cnccc12. The van der Waals surface area contributed by atoms with Gasteiger partial charge in [0.2, 0.25) is 0 Å².